The van der Waals surface area contributed by atoms with Gasteiger partial charge in [0.1, 0.15) is 0 Å². The van der Waals surface area contributed by atoms with E-state index in [9.17, 15) is 14.7 Å². The van der Waals surface area contributed by atoms with Gasteiger partial charge in [-0.2, -0.15) is 0 Å². The number of carbonyl (C=O) groups excluding carboxylic acids is 1. The maximum Gasteiger partial charge on any atom is 0.258 e. The predicted octanol–water partition coefficient (Wildman–Crippen LogP) is 3.99. The summed E-state index contributed by atoms with van der Waals surface area (Å²) < 4.78 is 1.72. The monoisotopic (exact) mass is 434 g/mol. The second kappa shape index (κ2) is 7.98. The summed E-state index contributed by atoms with van der Waals surface area (Å²) in [5, 5.41) is 10.7. The molecule has 1 amide bonds. The summed E-state index contributed by atoms with van der Waals surface area (Å²) in [5.41, 5.74) is 4.19. The standard InChI is InChI=1S/C25H23ClN2O3/c26-18-9-8-17-10-12-28-23(20(17)13-18)22(24(30)27-11-4-7-19(29)15-27)14-21(25(28)31)16-5-2-1-3-6-16/h1-3,5-6,8-9,13-14,19,29H,4,7,10-12,15H2. The van der Waals surface area contributed by atoms with Gasteiger partial charge in [-0.1, -0.05) is 48.0 Å². The molecule has 0 aliphatic carbocycles. The number of aromatic nitrogens is 1. The van der Waals surface area contributed by atoms with Crippen LogP contribution < -0.4 is 5.56 Å². The fourth-order valence-electron chi connectivity index (χ4n) is 4.69. The predicted molar refractivity (Wildman–Crippen MR) is 121 cm³/mol. The van der Waals surface area contributed by atoms with Crippen molar-refractivity contribution in [3.8, 4) is 22.4 Å². The van der Waals surface area contributed by atoms with Gasteiger partial charge < -0.3 is 14.6 Å². The largest absolute Gasteiger partial charge is 0.391 e. The van der Waals surface area contributed by atoms with Crippen LogP contribution in [0.2, 0.25) is 5.02 Å². The number of aryl methyl sites for hydroxylation is 1. The number of benzene rings is 2. The summed E-state index contributed by atoms with van der Waals surface area (Å²) in [4.78, 5) is 28.8. The molecule has 0 radical (unpaired) electrons. The lowest BCUT2D eigenvalue weighted by Crippen LogP contribution is -2.43. The number of aliphatic hydroxyl groups is 1. The van der Waals surface area contributed by atoms with Gasteiger partial charge in [-0.05, 0) is 48.6 Å². The molecule has 1 N–H and O–H groups in total. The molecule has 0 saturated carbocycles. The first-order valence-corrected chi connectivity index (χ1v) is 11.0. The van der Waals surface area contributed by atoms with Gasteiger partial charge >= 0.3 is 0 Å². The molecule has 3 aromatic rings. The van der Waals surface area contributed by atoms with Crippen molar-refractivity contribution in [3.63, 3.8) is 0 Å². The normalized spacial score (nSPS) is 17.7. The maximum atomic E-state index is 13.7. The zero-order chi connectivity index (χ0) is 21.5. The van der Waals surface area contributed by atoms with Crippen molar-refractivity contribution in [2.24, 2.45) is 0 Å². The molecule has 2 aliphatic heterocycles. The number of aliphatic hydroxyl groups excluding tert-OH is 1. The van der Waals surface area contributed by atoms with E-state index in [1.165, 1.54) is 0 Å². The maximum absolute atomic E-state index is 13.7. The number of β-amino-alcohol motifs (C(OH)–C–C–N with tert-alkyl or cyclic N) is 1. The Labute approximate surface area is 185 Å². The summed E-state index contributed by atoms with van der Waals surface area (Å²) >= 11 is 6.29. The third-order valence-electron chi connectivity index (χ3n) is 6.22. The van der Waals surface area contributed by atoms with E-state index < -0.39 is 6.10 Å². The fraction of sp³-hybridized carbons (Fsp3) is 0.280. The van der Waals surface area contributed by atoms with Crippen molar-refractivity contribution in [1.29, 1.82) is 0 Å². The number of fused-ring (bicyclic) bond motifs is 3. The Kier molecular flexibility index (Phi) is 5.16. The lowest BCUT2D eigenvalue weighted by Gasteiger charge is -2.32. The zero-order valence-electron chi connectivity index (χ0n) is 17.1. The van der Waals surface area contributed by atoms with Gasteiger partial charge in [0.05, 0.1) is 17.4 Å². The van der Waals surface area contributed by atoms with Crippen LogP contribution in [-0.4, -0.2) is 39.7 Å². The molecule has 1 fully saturated rings. The Bertz CT molecular complexity index is 1220. The minimum atomic E-state index is -0.518. The first-order chi connectivity index (χ1) is 15.0. The van der Waals surface area contributed by atoms with Crippen LogP contribution >= 0.6 is 11.6 Å². The first-order valence-electron chi connectivity index (χ1n) is 10.6. The number of piperidine rings is 1. The number of pyridine rings is 1. The number of rotatable bonds is 2. The number of likely N-dealkylation sites (tertiary alicyclic amines) is 1. The fourth-order valence-corrected chi connectivity index (χ4v) is 4.86. The smallest absolute Gasteiger partial charge is 0.258 e. The highest BCUT2D eigenvalue weighted by Crippen LogP contribution is 2.35. The van der Waals surface area contributed by atoms with Crippen LogP contribution in [0.25, 0.3) is 22.4 Å². The van der Waals surface area contributed by atoms with E-state index >= 15 is 0 Å². The summed E-state index contributed by atoms with van der Waals surface area (Å²) in [6, 6.07) is 16.8. The molecule has 1 unspecified atom stereocenters. The molecular weight excluding hydrogens is 412 g/mol. The molecule has 2 aromatic carbocycles. The minimum absolute atomic E-state index is 0.109. The van der Waals surface area contributed by atoms with E-state index in [1.807, 2.05) is 48.5 Å². The molecule has 2 aliphatic rings. The summed E-state index contributed by atoms with van der Waals surface area (Å²) in [6.07, 6.45) is 1.64. The number of hydrogen-bond acceptors (Lipinski definition) is 3. The van der Waals surface area contributed by atoms with E-state index in [0.717, 1.165) is 23.1 Å². The highest BCUT2D eigenvalue weighted by Gasteiger charge is 2.30. The van der Waals surface area contributed by atoms with E-state index in [2.05, 4.69) is 0 Å². The number of nitrogens with zero attached hydrogens (tertiary/aromatic N) is 2. The Morgan fingerprint density at radius 3 is 2.61 bits per heavy atom. The third-order valence-corrected chi connectivity index (χ3v) is 6.46. The molecule has 31 heavy (non-hydrogen) atoms. The number of hydrogen-bond donors (Lipinski definition) is 1. The molecule has 1 atom stereocenters. The quantitative estimate of drug-likeness (QED) is 0.663. The highest BCUT2D eigenvalue weighted by atomic mass is 35.5. The van der Waals surface area contributed by atoms with Gasteiger partial charge in [0, 0.05) is 35.8 Å². The van der Waals surface area contributed by atoms with E-state index in [0.29, 0.717) is 54.3 Å². The molecule has 0 spiro atoms. The van der Waals surface area contributed by atoms with Crippen LogP contribution in [0.4, 0.5) is 0 Å². The molecule has 1 saturated heterocycles. The van der Waals surface area contributed by atoms with Gasteiger partial charge in [-0.25, -0.2) is 0 Å². The topological polar surface area (TPSA) is 62.5 Å². The molecular formula is C25H23ClN2O3. The van der Waals surface area contributed by atoms with Gasteiger partial charge in [0.25, 0.3) is 11.5 Å². The van der Waals surface area contributed by atoms with E-state index in [-0.39, 0.29) is 11.5 Å². The number of amides is 1. The SMILES string of the molecule is O=C(c1cc(-c2ccccc2)c(=O)n2c1-c1cc(Cl)ccc1CC2)N1CCCC(O)C1. The Morgan fingerprint density at radius 2 is 1.84 bits per heavy atom. The highest BCUT2D eigenvalue weighted by molar-refractivity contribution is 6.31. The summed E-state index contributed by atoms with van der Waals surface area (Å²) in [7, 11) is 0. The minimum Gasteiger partial charge on any atom is -0.391 e. The van der Waals surface area contributed by atoms with Crippen LogP contribution in [-0.2, 0) is 13.0 Å². The second-order valence-corrected chi connectivity index (χ2v) is 8.68. The second-order valence-electron chi connectivity index (χ2n) is 8.24. The van der Waals surface area contributed by atoms with Gasteiger partial charge in [0.2, 0.25) is 0 Å². The van der Waals surface area contributed by atoms with Crippen molar-refractivity contribution < 1.29 is 9.90 Å². The third kappa shape index (κ3) is 3.58. The number of carbonyl (C=O) groups is 1. The molecule has 3 heterocycles. The Hall–Kier alpha value is -2.89. The molecule has 1 aromatic heterocycles. The van der Waals surface area contributed by atoms with Crippen molar-refractivity contribution in [2.75, 3.05) is 13.1 Å². The molecule has 5 nitrogen and oxygen atoms in total. The van der Waals surface area contributed by atoms with Crippen molar-refractivity contribution in [3.05, 3.63) is 81.1 Å². The lowest BCUT2D eigenvalue weighted by atomic mass is 9.91. The lowest BCUT2D eigenvalue weighted by molar-refractivity contribution is 0.0473. The van der Waals surface area contributed by atoms with Crippen LogP contribution in [0.15, 0.2) is 59.4 Å². The molecule has 6 heteroatoms. The Morgan fingerprint density at radius 1 is 1.03 bits per heavy atom. The molecule has 5 rings (SSSR count). The van der Waals surface area contributed by atoms with Crippen LogP contribution in [0.5, 0.6) is 0 Å². The van der Waals surface area contributed by atoms with Crippen LogP contribution in [0.1, 0.15) is 28.8 Å². The average molecular weight is 435 g/mol. The summed E-state index contributed by atoms with van der Waals surface area (Å²) in [5.74, 6) is -0.160. The van der Waals surface area contributed by atoms with Gasteiger partial charge in [0.15, 0.2) is 0 Å². The van der Waals surface area contributed by atoms with Crippen LogP contribution in [0, 0.1) is 0 Å². The van der Waals surface area contributed by atoms with E-state index in [1.54, 1.807) is 15.5 Å². The van der Waals surface area contributed by atoms with Gasteiger partial charge in [-0.15, -0.1) is 0 Å². The van der Waals surface area contributed by atoms with Crippen molar-refractivity contribution in [2.45, 2.75) is 31.9 Å². The van der Waals surface area contributed by atoms with E-state index in [4.69, 9.17) is 11.6 Å². The summed E-state index contributed by atoms with van der Waals surface area (Å²) in [6.45, 7) is 1.41. The molecule has 158 valence electrons. The number of halogens is 1. The molecule has 0 bridgehead atoms. The average Bonchev–Trinajstić information content (AvgIpc) is 2.79. The van der Waals surface area contributed by atoms with Crippen molar-refractivity contribution in [1.82, 2.24) is 9.47 Å². The first kappa shape index (κ1) is 20.0. The zero-order valence-corrected chi connectivity index (χ0v) is 17.8. The van der Waals surface area contributed by atoms with Gasteiger partial charge in [-0.3, -0.25) is 9.59 Å². The Balaban J connectivity index is 1.75. The van der Waals surface area contributed by atoms with Crippen molar-refractivity contribution >= 4 is 17.5 Å². The van der Waals surface area contributed by atoms with Crippen LogP contribution in [0.3, 0.4) is 0 Å².